The normalized spacial score (nSPS) is 18.5. The molecule has 0 aliphatic carbocycles. The maximum Gasteiger partial charge on any atom is 0.243 e. The topological polar surface area (TPSA) is 63.7 Å². The van der Waals surface area contributed by atoms with Crippen LogP contribution in [0.3, 0.4) is 0 Å². The molecule has 1 atom stereocenters. The highest BCUT2D eigenvalue weighted by Gasteiger charge is 2.33. The van der Waals surface area contributed by atoms with E-state index in [1.54, 1.807) is 49.6 Å². The van der Waals surface area contributed by atoms with Gasteiger partial charge < -0.3 is 4.74 Å². The Hall–Kier alpha value is -2.18. The number of Topliss-reactive ketones (excluding diaryl/α,β-unsaturated/α-hetero) is 1. The van der Waals surface area contributed by atoms with Crippen LogP contribution in [0, 0.1) is 12.8 Å². The minimum atomic E-state index is -3.58. The summed E-state index contributed by atoms with van der Waals surface area (Å²) in [5.41, 5.74) is 1.49. The second-order valence-electron chi connectivity index (χ2n) is 6.61. The smallest absolute Gasteiger partial charge is 0.243 e. The van der Waals surface area contributed by atoms with Crippen molar-refractivity contribution in [3.63, 3.8) is 0 Å². The number of nitrogens with zero attached hydrogens (tertiary/aromatic N) is 1. The number of rotatable bonds is 5. The largest absolute Gasteiger partial charge is 0.497 e. The molecule has 1 aliphatic rings. The molecule has 0 spiro atoms. The minimum Gasteiger partial charge on any atom is -0.497 e. The van der Waals surface area contributed by atoms with Crippen LogP contribution in [0.25, 0.3) is 0 Å². The minimum absolute atomic E-state index is 0.0169. The van der Waals surface area contributed by atoms with Gasteiger partial charge in [0.25, 0.3) is 0 Å². The summed E-state index contributed by atoms with van der Waals surface area (Å²) in [6.07, 6.45) is 1.38. The van der Waals surface area contributed by atoms with E-state index in [0.717, 1.165) is 5.56 Å². The van der Waals surface area contributed by atoms with E-state index in [9.17, 15) is 13.2 Å². The molecule has 1 fully saturated rings. The number of aryl methyl sites for hydroxylation is 1. The van der Waals surface area contributed by atoms with Crippen molar-refractivity contribution in [2.45, 2.75) is 24.7 Å². The van der Waals surface area contributed by atoms with Crippen molar-refractivity contribution in [1.29, 1.82) is 0 Å². The average molecular weight is 373 g/mol. The Morgan fingerprint density at radius 3 is 2.54 bits per heavy atom. The van der Waals surface area contributed by atoms with Crippen LogP contribution in [0.4, 0.5) is 0 Å². The standard InChI is InChI=1S/C20H23NO4S/c1-15-5-3-7-19(13-15)26(23,24)21-12-4-6-17(14-21)20(22)16-8-10-18(25-2)11-9-16/h3,5,7-11,13,17H,4,6,12,14H2,1-2H3. The number of sulfonamides is 1. The summed E-state index contributed by atoms with van der Waals surface area (Å²) < 4.78 is 32.4. The molecule has 1 saturated heterocycles. The number of ketones is 1. The molecule has 3 rings (SSSR count). The van der Waals surface area contributed by atoms with E-state index < -0.39 is 10.0 Å². The molecule has 26 heavy (non-hydrogen) atoms. The van der Waals surface area contributed by atoms with Crippen LogP contribution >= 0.6 is 0 Å². The van der Waals surface area contributed by atoms with Gasteiger partial charge in [-0.1, -0.05) is 12.1 Å². The lowest BCUT2D eigenvalue weighted by Crippen LogP contribution is -2.42. The highest BCUT2D eigenvalue weighted by Crippen LogP contribution is 2.27. The molecule has 0 bridgehead atoms. The first-order chi connectivity index (χ1) is 12.4. The van der Waals surface area contributed by atoms with Crippen LogP contribution in [-0.2, 0) is 10.0 Å². The molecule has 1 unspecified atom stereocenters. The lowest BCUT2D eigenvalue weighted by Gasteiger charge is -2.31. The molecule has 1 aliphatic heterocycles. The van der Waals surface area contributed by atoms with Gasteiger partial charge in [0.05, 0.1) is 12.0 Å². The van der Waals surface area contributed by atoms with Gasteiger partial charge in [0.15, 0.2) is 5.78 Å². The Kier molecular flexibility index (Phi) is 5.44. The van der Waals surface area contributed by atoms with Crippen molar-refractivity contribution in [2.75, 3.05) is 20.2 Å². The maximum absolute atomic E-state index is 12.9. The van der Waals surface area contributed by atoms with Crippen LogP contribution in [0.15, 0.2) is 53.4 Å². The summed E-state index contributed by atoms with van der Waals surface area (Å²) >= 11 is 0. The predicted octanol–water partition coefficient (Wildman–Crippen LogP) is 3.29. The molecule has 0 saturated carbocycles. The van der Waals surface area contributed by atoms with Crippen molar-refractivity contribution >= 4 is 15.8 Å². The lowest BCUT2D eigenvalue weighted by molar-refractivity contribution is 0.0872. The molecule has 0 aromatic heterocycles. The van der Waals surface area contributed by atoms with Gasteiger partial charge in [-0.3, -0.25) is 4.79 Å². The number of carbonyl (C=O) groups is 1. The second kappa shape index (κ2) is 7.60. The average Bonchev–Trinajstić information content (AvgIpc) is 2.67. The monoisotopic (exact) mass is 373 g/mol. The zero-order chi connectivity index (χ0) is 18.7. The zero-order valence-electron chi connectivity index (χ0n) is 15.0. The van der Waals surface area contributed by atoms with Crippen LogP contribution < -0.4 is 4.74 Å². The number of piperidine rings is 1. The molecule has 0 N–H and O–H groups in total. The number of ether oxygens (including phenoxy) is 1. The Morgan fingerprint density at radius 1 is 1.15 bits per heavy atom. The van der Waals surface area contributed by atoms with E-state index in [1.165, 1.54) is 4.31 Å². The molecule has 5 nitrogen and oxygen atoms in total. The number of carbonyl (C=O) groups excluding carboxylic acids is 1. The third-order valence-electron chi connectivity index (χ3n) is 4.76. The summed E-state index contributed by atoms with van der Waals surface area (Å²) in [4.78, 5) is 13.1. The highest BCUT2D eigenvalue weighted by atomic mass is 32.2. The van der Waals surface area contributed by atoms with Crippen LogP contribution in [0.2, 0.25) is 0 Å². The molecule has 2 aromatic rings. The van der Waals surface area contributed by atoms with Gasteiger partial charge in [0.2, 0.25) is 10.0 Å². The molecule has 138 valence electrons. The van der Waals surface area contributed by atoms with E-state index in [4.69, 9.17) is 4.74 Å². The maximum atomic E-state index is 12.9. The van der Waals surface area contributed by atoms with Gasteiger partial charge in [-0.15, -0.1) is 0 Å². The highest BCUT2D eigenvalue weighted by molar-refractivity contribution is 7.89. The van der Waals surface area contributed by atoms with Gasteiger partial charge in [0.1, 0.15) is 5.75 Å². The SMILES string of the molecule is COc1ccc(C(=O)C2CCCN(S(=O)(=O)c3cccc(C)c3)C2)cc1. The van der Waals surface area contributed by atoms with Crippen LogP contribution in [0.5, 0.6) is 5.75 Å². The lowest BCUT2D eigenvalue weighted by atomic mass is 9.91. The first-order valence-electron chi connectivity index (χ1n) is 8.67. The third-order valence-corrected chi connectivity index (χ3v) is 6.62. The molecule has 0 amide bonds. The fourth-order valence-electron chi connectivity index (χ4n) is 3.29. The molecular weight excluding hydrogens is 350 g/mol. The summed E-state index contributed by atoms with van der Waals surface area (Å²) in [6.45, 7) is 2.54. The first kappa shape index (κ1) is 18.6. The van der Waals surface area contributed by atoms with Crippen molar-refractivity contribution in [1.82, 2.24) is 4.31 Å². The predicted molar refractivity (Wildman–Crippen MR) is 100.0 cm³/mol. The van der Waals surface area contributed by atoms with Crippen molar-refractivity contribution in [2.24, 2.45) is 5.92 Å². The zero-order valence-corrected chi connectivity index (χ0v) is 15.8. The number of benzene rings is 2. The third kappa shape index (κ3) is 3.81. The van der Waals surface area contributed by atoms with Gasteiger partial charge in [-0.25, -0.2) is 8.42 Å². The fraction of sp³-hybridized carbons (Fsp3) is 0.350. The van der Waals surface area contributed by atoms with Gasteiger partial charge in [-0.05, 0) is 61.7 Å². The Bertz CT molecular complexity index is 890. The summed E-state index contributed by atoms with van der Waals surface area (Å²) in [5.74, 6) is 0.349. The quantitative estimate of drug-likeness (QED) is 0.755. The van der Waals surface area contributed by atoms with Crippen LogP contribution in [0.1, 0.15) is 28.8 Å². The Morgan fingerprint density at radius 2 is 1.88 bits per heavy atom. The number of methoxy groups -OCH3 is 1. The molecule has 0 radical (unpaired) electrons. The van der Waals surface area contributed by atoms with E-state index in [0.29, 0.717) is 30.7 Å². The summed E-state index contributed by atoms with van der Waals surface area (Å²) in [7, 11) is -2.01. The van der Waals surface area contributed by atoms with Gasteiger partial charge in [-0.2, -0.15) is 4.31 Å². The van der Waals surface area contributed by atoms with E-state index in [2.05, 4.69) is 0 Å². The van der Waals surface area contributed by atoms with E-state index >= 15 is 0 Å². The summed E-state index contributed by atoms with van der Waals surface area (Å²) in [5, 5.41) is 0. The van der Waals surface area contributed by atoms with Gasteiger partial charge >= 0.3 is 0 Å². The van der Waals surface area contributed by atoms with Crippen molar-refractivity contribution in [3.8, 4) is 5.75 Å². The van der Waals surface area contributed by atoms with Crippen LogP contribution in [-0.4, -0.2) is 38.7 Å². The first-order valence-corrected chi connectivity index (χ1v) is 10.1. The molecule has 1 heterocycles. The van der Waals surface area contributed by atoms with Gasteiger partial charge in [0, 0.05) is 24.6 Å². The van der Waals surface area contributed by atoms with Crippen molar-refractivity contribution in [3.05, 3.63) is 59.7 Å². The molecule has 6 heteroatoms. The van der Waals surface area contributed by atoms with E-state index in [1.807, 2.05) is 13.0 Å². The fourth-order valence-corrected chi connectivity index (χ4v) is 4.92. The Balaban J connectivity index is 1.79. The second-order valence-corrected chi connectivity index (χ2v) is 8.55. The molecular formula is C20H23NO4S. The van der Waals surface area contributed by atoms with Crippen molar-refractivity contribution < 1.29 is 17.9 Å². The summed E-state index contributed by atoms with van der Waals surface area (Å²) in [6, 6.07) is 13.8. The number of hydrogen-bond acceptors (Lipinski definition) is 4. The Labute approximate surface area is 154 Å². The molecule has 2 aromatic carbocycles. The number of hydrogen-bond donors (Lipinski definition) is 0. The van der Waals surface area contributed by atoms with E-state index in [-0.39, 0.29) is 23.1 Å².